The number of aromatic nitrogens is 2. The number of alkyl halides is 4. The largest absolute Gasteiger partial charge is 0.490 e. The number of imidazole rings is 1. The highest BCUT2D eigenvalue weighted by atomic mass is 35.5. The highest BCUT2D eigenvalue weighted by Gasteiger charge is 2.41. The van der Waals surface area contributed by atoms with Crippen molar-refractivity contribution in [2.75, 3.05) is 18.6 Å². The number of nitrogens with one attached hydrogen (secondary N) is 3. The maximum absolute atomic E-state index is 13.3. The van der Waals surface area contributed by atoms with Crippen LogP contribution in [0.1, 0.15) is 62.4 Å². The normalized spacial score (nSPS) is 17.5. The van der Waals surface area contributed by atoms with Crippen molar-refractivity contribution >= 4 is 46.1 Å². The maximum atomic E-state index is 13.3. The van der Waals surface area contributed by atoms with Gasteiger partial charge < -0.3 is 25.3 Å². The summed E-state index contributed by atoms with van der Waals surface area (Å²) in [7, 11) is 1.75. The van der Waals surface area contributed by atoms with Gasteiger partial charge in [-0.15, -0.1) is 0 Å². The SMILES string of the molecule is Cn1c(Nc2cc(CNC(=O)C(C)(C)C)ccc2Cl)nc2cc(C(=O)NC3CCC(C(F)(F)F)CC3)c(OCCF)cc21. The van der Waals surface area contributed by atoms with Crippen molar-refractivity contribution in [1.82, 2.24) is 20.2 Å². The van der Waals surface area contributed by atoms with Crippen LogP contribution in [0.4, 0.5) is 29.2 Å². The zero-order valence-electron chi connectivity index (χ0n) is 24.5. The molecular weight excluding hydrogens is 590 g/mol. The summed E-state index contributed by atoms with van der Waals surface area (Å²) in [6.07, 6.45) is -3.94. The van der Waals surface area contributed by atoms with Gasteiger partial charge in [-0.05, 0) is 49.4 Å². The van der Waals surface area contributed by atoms with E-state index in [1.165, 1.54) is 6.07 Å². The van der Waals surface area contributed by atoms with E-state index in [-0.39, 0.29) is 49.5 Å². The van der Waals surface area contributed by atoms with Crippen LogP contribution in [0.3, 0.4) is 0 Å². The standard InChI is InChI=1S/C30H36ClF4N5O3/c1-29(2,3)27(42)36-16-17-5-10-21(31)22(13-17)38-28-39-23-14-20(25(43-12-11-32)15-24(23)40(28)4)26(41)37-19-8-6-18(7-9-19)30(33,34)35/h5,10,13-15,18-19H,6-9,11-12,16H2,1-4H3,(H,36,42)(H,37,41)(H,38,39). The smallest absolute Gasteiger partial charge is 0.391 e. The highest BCUT2D eigenvalue weighted by molar-refractivity contribution is 6.33. The molecule has 3 N–H and O–H groups in total. The first-order valence-electron chi connectivity index (χ1n) is 14.1. The van der Waals surface area contributed by atoms with Crippen LogP contribution in [0.2, 0.25) is 5.02 Å². The summed E-state index contributed by atoms with van der Waals surface area (Å²) in [6, 6.07) is 7.99. The van der Waals surface area contributed by atoms with E-state index in [2.05, 4.69) is 20.9 Å². The number of carbonyl (C=O) groups is 2. The lowest BCUT2D eigenvalue weighted by atomic mass is 9.85. The molecule has 234 valence electrons. The van der Waals surface area contributed by atoms with E-state index in [1.807, 2.05) is 20.8 Å². The Morgan fingerprint density at radius 1 is 1.09 bits per heavy atom. The zero-order valence-corrected chi connectivity index (χ0v) is 25.3. The van der Waals surface area contributed by atoms with Gasteiger partial charge in [-0.25, -0.2) is 9.37 Å². The molecule has 0 bridgehead atoms. The van der Waals surface area contributed by atoms with E-state index in [4.69, 9.17) is 16.3 Å². The zero-order chi connectivity index (χ0) is 31.5. The molecule has 0 radical (unpaired) electrons. The van der Waals surface area contributed by atoms with Crippen molar-refractivity contribution in [3.8, 4) is 5.75 Å². The molecule has 1 saturated carbocycles. The van der Waals surface area contributed by atoms with Gasteiger partial charge in [-0.1, -0.05) is 38.4 Å². The van der Waals surface area contributed by atoms with E-state index < -0.39 is 36.1 Å². The summed E-state index contributed by atoms with van der Waals surface area (Å²) >= 11 is 6.45. The van der Waals surface area contributed by atoms with Crippen molar-refractivity contribution in [3.63, 3.8) is 0 Å². The van der Waals surface area contributed by atoms with E-state index in [9.17, 15) is 27.2 Å². The topological polar surface area (TPSA) is 97.3 Å². The quantitative estimate of drug-likeness (QED) is 0.227. The van der Waals surface area contributed by atoms with Crippen molar-refractivity contribution in [2.45, 2.75) is 65.2 Å². The van der Waals surface area contributed by atoms with Gasteiger partial charge in [0.2, 0.25) is 11.9 Å². The fourth-order valence-electron chi connectivity index (χ4n) is 4.95. The van der Waals surface area contributed by atoms with Crippen molar-refractivity contribution in [3.05, 3.63) is 46.5 Å². The van der Waals surface area contributed by atoms with Crippen LogP contribution in [0.15, 0.2) is 30.3 Å². The molecule has 2 aromatic carbocycles. The van der Waals surface area contributed by atoms with Crippen molar-refractivity contribution in [1.29, 1.82) is 0 Å². The molecule has 0 unspecified atom stereocenters. The number of anilines is 2. The molecule has 0 aliphatic heterocycles. The molecular formula is C30H36ClF4N5O3. The summed E-state index contributed by atoms with van der Waals surface area (Å²) in [6.45, 7) is 4.73. The predicted molar refractivity (Wildman–Crippen MR) is 157 cm³/mol. The summed E-state index contributed by atoms with van der Waals surface area (Å²) < 4.78 is 59.5. The Balaban J connectivity index is 1.56. The average molecular weight is 626 g/mol. The minimum atomic E-state index is -4.24. The van der Waals surface area contributed by atoms with Crippen LogP contribution in [0.5, 0.6) is 5.75 Å². The van der Waals surface area contributed by atoms with Gasteiger partial charge in [0, 0.05) is 31.1 Å². The lowest BCUT2D eigenvalue weighted by Crippen LogP contribution is -2.40. The summed E-state index contributed by atoms with van der Waals surface area (Å²) in [5.41, 5.74) is 1.96. The molecule has 2 amide bonds. The summed E-state index contributed by atoms with van der Waals surface area (Å²) in [4.78, 5) is 30.2. The number of benzene rings is 2. The summed E-state index contributed by atoms with van der Waals surface area (Å²) in [5, 5.41) is 9.33. The second kappa shape index (κ2) is 13.0. The van der Waals surface area contributed by atoms with E-state index >= 15 is 0 Å². The van der Waals surface area contributed by atoms with Gasteiger partial charge in [0.05, 0.1) is 33.2 Å². The van der Waals surface area contributed by atoms with Crippen LogP contribution in [-0.4, -0.2) is 46.9 Å². The number of rotatable bonds is 9. The molecule has 1 fully saturated rings. The van der Waals surface area contributed by atoms with Gasteiger partial charge in [0.25, 0.3) is 5.91 Å². The fraction of sp³-hybridized carbons (Fsp3) is 0.500. The van der Waals surface area contributed by atoms with Crippen LogP contribution in [0.25, 0.3) is 11.0 Å². The lowest BCUT2D eigenvalue weighted by Gasteiger charge is -2.30. The second-order valence-electron chi connectivity index (χ2n) is 11.8. The molecule has 1 aliphatic rings. The molecule has 1 aliphatic carbocycles. The third-order valence-electron chi connectivity index (χ3n) is 7.50. The van der Waals surface area contributed by atoms with E-state index in [1.54, 1.807) is 35.9 Å². The minimum absolute atomic E-state index is 0.0549. The number of ether oxygens (including phenoxy) is 1. The Morgan fingerprint density at radius 3 is 2.42 bits per heavy atom. The molecule has 1 aromatic heterocycles. The van der Waals surface area contributed by atoms with Gasteiger partial charge >= 0.3 is 6.18 Å². The highest BCUT2D eigenvalue weighted by Crippen LogP contribution is 2.38. The van der Waals surface area contributed by atoms with Crippen LogP contribution >= 0.6 is 11.6 Å². The first kappa shape index (κ1) is 32.4. The van der Waals surface area contributed by atoms with Gasteiger partial charge in [-0.3, -0.25) is 9.59 Å². The Kier molecular flexibility index (Phi) is 9.78. The Labute approximate surface area is 252 Å². The molecule has 8 nitrogen and oxygen atoms in total. The Hall–Kier alpha value is -3.54. The van der Waals surface area contributed by atoms with Crippen LogP contribution < -0.4 is 20.7 Å². The number of halogens is 5. The van der Waals surface area contributed by atoms with E-state index in [0.717, 1.165) is 5.56 Å². The second-order valence-corrected chi connectivity index (χ2v) is 12.2. The summed E-state index contributed by atoms with van der Waals surface area (Å²) in [5.74, 6) is -1.45. The van der Waals surface area contributed by atoms with Crippen LogP contribution in [-0.2, 0) is 18.4 Å². The molecule has 3 aromatic rings. The molecule has 13 heteroatoms. The maximum Gasteiger partial charge on any atom is 0.391 e. The first-order valence-corrected chi connectivity index (χ1v) is 14.5. The third kappa shape index (κ3) is 7.90. The van der Waals surface area contributed by atoms with Gasteiger partial charge in [0.15, 0.2) is 0 Å². The van der Waals surface area contributed by atoms with Crippen LogP contribution in [0, 0.1) is 11.3 Å². The Morgan fingerprint density at radius 2 is 1.79 bits per heavy atom. The monoisotopic (exact) mass is 625 g/mol. The van der Waals surface area contributed by atoms with E-state index in [0.29, 0.717) is 34.2 Å². The predicted octanol–water partition coefficient (Wildman–Crippen LogP) is 6.83. The number of fused-ring (bicyclic) bond motifs is 1. The molecule has 4 rings (SSSR count). The fourth-order valence-corrected chi connectivity index (χ4v) is 5.12. The molecule has 0 atom stereocenters. The lowest BCUT2D eigenvalue weighted by molar-refractivity contribution is -0.182. The Bertz CT molecular complexity index is 1480. The number of amides is 2. The molecule has 0 saturated heterocycles. The number of hydrogen-bond donors (Lipinski definition) is 3. The average Bonchev–Trinajstić information content (AvgIpc) is 3.24. The number of hydrogen-bond acceptors (Lipinski definition) is 5. The third-order valence-corrected chi connectivity index (χ3v) is 7.83. The van der Waals surface area contributed by atoms with Crippen molar-refractivity contribution in [2.24, 2.45) is 18.4 Å². The number of aryl methyl sites for hydroxylation is 1. The first-order chi connectivity index (χ1) is 20.2. The van der Waals surface area contributed by atoms with Gasteiger partial charge in [0.1, 0.15) is 19.0 Å². The minimum Gasteiger partial charge on any atom is -0.490 e. The number of carbonyl (C=O) groups excluding carboxylic acids is 2. The van der Waals surface area contributed by atoms with Gasteiger partial charge in [-0.2, -0.15) is 13.2 Å². The van der Waals surface area contributed by atoms with Crippen molar-refractivity contribution < 1.29 is 31.9 Å². The number of nitrogens with zero attached hydrogens (tertiary/aromatic N) is 2. The molecule has 1 heterocycles. The molecule has 43 heavy (non-hydrogen) atoms. The molecule has 0 spiro atoms.